The van der Waals surface area contributed by atoms with E-state index in [4.69, 9.17) is 27.9 Å². The van der Waals surface area contributed by atoms with Crippen LogP contribution in [0.4, 0.5) is 9.93 Å². The molecule has 0 saturated carbocycles. The summed E-state index contributed by atoms with van der Waals surface area (Å²) in [5, 5.41) is 49.2. The summed E-state index contributed by atoms with van der Waals surface area (Å²) in [6.45, 7) is 2.21. The monoisotopic (exact) mass is 785 g/mol. The summed E-state index contributed by atoms with van der Waals surface area (Å²) in [5.74, 6) is -6.19. The van der Waals surface area contributed by atoms with Crippen molar-refractivity contribution in [3.63, 3.8) is 0 Å². The summed E-state index contributed by atoms with van der Waals surface area (Å²) < 4.78 is -1.59. The zero-order valence-corrected chi connectivity index (χ0v) is 29.4. The van der Waals surface area contributed by atoms with E-state index in [1.54, 1.807) is 0 Å². The van der Waals surface area contributed by atoms with Crippen molar-refractivity contribution in [1.82, 2.24) is 25.5 Å². The molecule has 0 radical (unpaired) electrons. The fourth-order valence-electron chi connectivity index (χ4n) is 4.82. The number of carboxylic acids is 2. The van der Waals surface area contributed by atoms with E-state index in [0.29, 0.717) is 0 Å². The second kappa shape index (κ2) is 14.0. The Morgan fingerprint density at radius 3 is 2.45 bits per heavy atom. The number of aliphatic carboxylic acids is 2. The number of nitrogens with one attached hydrogen (secondary N) is 2. The molecule has 20 nitrogen and oxygen atoms in total. The van der Waals surface area contributed by atoms with Crippen molar-refractivity contribution in [3.05, 3.63) is 33.8 Å². The van der Waals surface area contributed by atoms with E-state index in [-0.39, 0.29) is 36.0 Å². The Bertz CT molecular complexity index is 1900. The maximum atomic E-state index is 13.4. The summed E-state index contributed by atoms with van der Waals surface area (Å²) in [6.07, 6.45) is 0. The van der Waals surface area contributed by atoms with Crippen LogP contribution in [0.15, 0.2) is 27.8 Å². The first-order valence-electron chi connectivity index (χ1n) is 14.4. The number of anilines is 1. The van der Waals surface area contributed by atoms with Crippen molar-refractivity contribution in [2.45, 2.75) is 40.2 Å². The zero-order chi connectivity index (χ0) is 37.6. The van der Waals surface area contributed by atoms with Gasteiger partial charge in [0.15, 0.2) is 32.1 Å². The largest absolute Gasteiger partial charge is 0.504 e. The molecule has 3 saturated heterocycles. The Kier molecular flexibility index (Phi) is 10.2. The lowest BCUT2D eigenvalue weighted by Gasteiger charge is -2.41. The molecule has 3 fully saturated rings. The number of fused-ring (bicyclic) bond motifs is 1. The molecule has 5 rings (SSSR count). The number of thiazole rings is 1. The summed E-state index contributed by atoms with van der Waals surface area (Å²) in [7, 11) is 0. The molecule has 2 aromatic rings. The highest BCUT2D eigenvalue weighted by Gasteiger charge is 2.64. The summed E-state index contributed by atoms with van der Waals surface area (Å²) in [5.41, 5.74) is 9.84. The van der Waals surface area contributed by atoms with Gasteiger partial charge in [-0.15, -0.1) is 34.9 Å². The number of phenols is 2. The number of amides is 5. The molecular formula is C27H28ClN9O11S3. The number of carboxylic acid groups (broad SMARTS) is 2. The third-order valence-corrected chi connectivity index (χ3v) is 12.0. The number of halogens is 1. The average molecular weight is 786 g/mol. The van der Waals surface area contributed by atoms with Gasteiger partial charge in [0.05, 0.1) is 11.6 Å². The molecule has 1 aromatic carbocycles. The molecule has 0 spiro atoms. The third kappa shape index (κ3) is 7.27. The van der Waals surface area contributed by atoms with Crippen molar-refractivity contribution < 1.29 is 54.0 Å². The highest BCUT2D eigenvalue weighted by molar-refractivity contribution is 8.20. The molecule has 3 aliphatic heterocycles. The number of hydrogen-bond donors (Lipinski definition) is 8. The minimum atomic E-state index is -1.83. The van der Waals surface area contributed by atoms with E-state index >= 15 is 0 Å². The number of rotatable bonds is 12. The molecule has 5 amide bonds. The minimum absolute atomic E-state index is 0.0123. The first-order chi connectivity index (χ1) is 23.8. The number of aromatic nitrogens is 1. The third-order valence-electron chi connectivity index (χ3n) is 7.63. The predicted octanol–water partition coefficient (Wildman–Crippen LogP) is -0.429. The molecule has 272 valence electrons. The van der Waals surface area contributed by atoms with Crippen molar-refractivity contribution in [1.29, 1.82) is 0 Å². The molecule has 0 aliphatic carbocycles. The van der Waals surface area contributed by atoms with Crippen LogP contribution in [0.2, 0.25) is 5.02 Å². The second-order valence-corrected chi connectivity index (χ2v) is 16.1. The number of carbonyl (C=O) groups excluding carboxylic acids is 4. The van der Waals surface area contributed by atoms with Crippen LogP contribution < -0.4 is 22.2 Å². The number of β-lactam (4-membered cyclic amide) rings is 1. The van der Waals surface area contributed by atoms with Gasteiger partial charge in [-0.05, 0) is 26.0 Å². The number of carbonyl (C=O) groups is 6. The molecule has 4 heterocycles. The number of nitrogen functional groups attached to an aromatic ring is 1. The number of oxime groups is 1. The van der Waals surface area contributed by atoms with Crippen LogP contribution in [0.3, 0.4) is 0 Å². The van der Waals surface area contributed by atoms with Gasteiger partial charge in [0, 0.05) is 29.3 Å². The van der Waals surface area contributed by atoms with Crippen molar-refractivity contribution in [2.24, 2.45) is 16.0 Å². The van der Waals surface area contributed by atoms with Crippen LogP contribution in [0.5, 0.6) is 11.5 Å². The van der Waals surface area contributed by atoms with Crippen LogP contribution in [0.25, 0.3) is 0 Å². The standard InChI is InChI=1S/C27H28ClN9O11S3/c1-26(2,22(43)44)48-35-15(11-7-49-25(30)31-11)18(40)32-16-20(42)37-8-27(23(45)46,51-21(16)37)50-9-5-36(6-9)19(41)14(33-34-24(29)47)10-3-4-12(38)17(39)13(10)28/h3-4,7,9,16,21,38-39H,5-6,8H2,1-2H3,(H2,30,31)(H,32,40)(H,43,44)(H,45,46)(H3,29,34,47)/b33-14-,35-15-/t16?,21-,27?/m1/s1. The smallest absolute Gasteiger partial charge is 0.350 e. The Labute approximate surface area is 304 Å². The molecule has 3 aliphatic rings. The van der Waals surface area contributed by atoms with E-state index in [9.17, 15) is 49.2 Å². The lowest BCUT2D eigenvalue weighted by atomic mass is 10.1. The summed E-state index contributed by atoms with van der Waals surface area (Å²) in [4.78, 5) is 87.0. The Hall–Kier alpha value is -5.00. The van der Waals surface area contributed by atoms with Gasteiger partial charge in [0.1, 0.15) is 17.1 Å². The maximum Gasteiger partial charge on any atom is 0.350 e. The van der Waals surface area contributed by atoms with Crippen molar-refractivity contribution >= 4 is 98.7 Å². The number of hydrazone groups is 1. The fraction of sp³-hybridized carbons (Fsp3) is 0.370. The fourth-order valence-corrected chi connectivity index (χ4v) is 9.24. The zero-order valence-electron chi connectivity index (χ0n) is 26.2. The highest BCUT2D eigenvalue weighted by atomic mass is 35.5. The number of benzene rings is 1. The van der Waals surface area contributed by atoms with E-state index in [2.05, 4.69) is 20.6 Å². The van der Waals surface area contributed by atoms with E-state index in [1.807, 2.05) is 5.43 Å². The molecule has 1 aromatic heterocycles. The van der Waals surface area contributed by atoms with Crippen LogP contribution in [0, 0.1) is 0 Å². The Morgan fingerprint density at radius 1 is 1.18 bits per heavy atom. The Balaban J connectivity index is 1.27. The summed E-state index contributed by atoms with van der Waals surface area (Å²) in [6, 6.07) is -0.0264. The topological polar surface area (TPSA) is 313 Å². The van der Waals surface area contributed by atoms with Crippen molar-refractivity contribution in [2.75, 3.05) is 25.4 Å². The molecular weight excluding hydrogens is 758 g/mol. The predicted molar refractivity (Wildman–Crippen MR) is 183 cm³/mol. The number of likely N-dealkylation sites (tertiary alicyclic amines) is 1. The number of hydrogen-bond acceptors (Lipinski definition) is 16. The highest BCUT2D eigenvalue weighted by Crippen LogP contribution is 2.54. The van der Waals surface area contributed by atoms with Gasteiger partial charge in [-0.2, -0.15) is 5.10 Å². The molecule has 10 N–H and O–H groups in total. The number of primary amides is 1. The number of urea groups is 1. The van der Waals surface area contributed by atoms with Crippen LogP contribution >= 0.6 is 46.5 Å². The number of nitrogens with two attached hydrogens (primary N) is 2. The molecule has 0 bridgehead atoms. The second-order valence-electron chi connectivity index (χ2n) is 11.6. The lowest BCUT2D eigenvalue weighted by molar-refractivity contribution is -0.161. The van der Waals surface area contributed by atoms with Crippen LogP contribution in [0.1, 0.15) is 25.1 Å². The lowest BCUT2D eigenvalue weighted by Crippen LogP contribution is -2.68. The maximum absolute atomic E-state index is 13.4. The molecule has 3 atom stereocenters. The van der Waals surface area contributed by atoms with Crippen LogP contribution in [-0.2, 0) is 28.8 Å². The van der Waals surface area contributed by atoms with Gasteiger partial charge >= 0.3 is 18.0 Å². The van der Waals surface area contributed by atoms with E-state index in [1.165, 1.54) is 35.1 Å². The van der Waals surface area contributed by atoms with Gasteiger partial charge in [0.25, 0.3) is 11.8 Å². The van der Waals surface area contributed by atoms with Gasteiger partial charge in [-0.1, -0.05) is 16.8 Å². The van der Waals surface area contributed by atoms with Gasteiger partial charge in [-0.25, -0.2) is 24.8 Å². The number of nitrogens with zero attached hydrogens (tertiary/aromatic N) is 5. The number of thioether (sulfide) groups is 2. The molecule has 24 heteroatoms. The van der Waals surface area contributed by atoms with Gasteiger partial charge in [-0.3, -0.25) is 14.4 Å². The quantitative estimate of drug-likeness (QED) is 0.0586. The average Bonchev–Trinajstić information content (AvgIpc) is 3.63. The molecule has 51 heavy (non-hydrogen) atoms. The Morgan fingerprint density at radius 2 is 1.86 bits per heavy atom. The first kappa shape index (κ1) is 37.3. The molecule has 2 unspecified atom stereocenters. The summed E-state index contributed by atoms with van der Waals surface area (Å²) >= 11 is 9.03. The minimum Gasteiger partial charge on any atom is -0.504 e. The van der Waals surface area contributed by atoms with Gasteiger partial charge in [0.2, 0.25) is 11.5 Å². The SMILES string of the molecule is CC(C)(O/N=C(\C(=O)NC1C(=O)N2CC(SC3CN(C(=O)/C(=N\NC(N)=O)c4ccc(O)c(O)c4Cl)C3)(C(=O)O)S[C@H]12)c1csc(N)n1)C(=O)O. The normalized spacial score (nSPS) is 22.1. The first-order valence-corrected chi connectivity index (χ1v) is 17.4. The van der Waals surface area contributed by atoms with E-state index in [0.717, 1.165) is 40.9 Å². The van der Waals surface area contributed by atoms with Crippen LogP contribution in [-0.4, -0.2) is 128 Å². The van der Waals surface area contributed by atoms with E-state index < -0.39 is 90.0 Å². The van der Waals surface area contributed by atoms with Gasteiger partial charge < -0.3 is 51.8 Å². The number of phenolic OH excluding ortho intramolecular Hbond substituents is 2. The number of aromatic hydroxyl groups is 2. The van der Waals surface area contributed by atoms with Crippen molar-refractivity contribution in [3.8, 4) is 11.5 Å².